The van der Waals surface area contributed by atoms with Crippen LogP contribution < -0.4 is 0 Å². The average molecular weight is 315 g/mol. The minimum Gasteiger partial charge on any atom is -0.481 e. The van der Waals surface area contributed by atoms with Crippen molar-refractivity contribution in [3.8, 4) is 0 Å². The lowest BCUT2D eigenvalue weighted by Crippen LogP contribution is -2.29. The summed E-state index contributed by atoms with van der Waals surface area (Å²) in [5.41, 5.74) is 0.641. The number of sulfonamides is 1. The minimum atomic E-state index is -3.80. The second kappa shape index (κ2) is 6.68. The lowest BCUT2D eigenvalue weighted by atomic mass is 10.1. The predicted molar refractivity (Wildman–Crippen MR) is 74.6 cm³/mol. The van der Waals surface area contributed by atoms with E-state index in [2.05, 4.69) is 4.74 Å². The molecular weight excluding hydrogens is 298 g/mol. The molecule has 1 aromatic carbocycles. The highest BCUT2D eigenvalue weighted by atomic mass is 32.2. The summed E-state index contributed by atoms with van der Waals surface area (Å²) in [7, 11) is -1.25. The molecule has 8 heteroatoms. The maximum absolute atomic E-state index is 12.3. The maximum Gasteiger partial charge on any atom is 0.337 e. The van der Waals surface area contributed by atoms with Gasteiger partial charge >= 0.3 is 11.9 Å². The smallest absolute Gasteiger partial charge is 0.337 e. The van der Waals surface area contributed by atoms with Crippen LogP contribution in [-0.2, 0) is 19.6 Å². The average Bonchev–Trinajstić information content (AvgIpc) is 2.43. The maximum atomic E-state index is 12.3. The molecule has 0 unspecified atom stereocenters. The Balaban J connectivity index is 3.09. The number of ether oxygens (including phenoxy) is 1. The number of carboxylic acid groups (broad SMARTS) is 1. The molecule has 116 valence electrons. The van der Waals surface area contributed by atoms with Crippen LogP contribution in [0.5, 0.6) is 0 Å². The molecule has 7 nitrogen and oxygen atoms in total. The highest BCUT2D eigenvalue weighted by molar-refractivity contribution is 7.89. The molecule has 0 saturated carbocycles. The molecule has 1 N–H and O–H groups in total. The zero-order chi connectivity index (χ0) is 16.2. The van der Waals surface area contributed by atoms with Crippen molar-refractivity contribution in [2.45, 2.75) is 18.2 Å². The van der Waals surface area contributed by atoms with Crippen molar-refractivity contribution in [1.82, 2.24) is 4.31 Å². The first-order valence-electron chi connectivity index (χ1n) is 6.07. The van der Waals surface area contributed by atoms with Crippen LogP contribution in [0.15, 0.2) is 23.1 Å². The van der Waals surface area contributed by atoms with Gasteiger partial charge in [-0.2, -0.15) is 0 Å². The van der Waals surface area contributed by atoms with Gasteiger partial charge in [-0.05, 0) is 30.7 Å². The summed E-state index contributed by atoms with van der Waals surface area (Å²) in [5.74, 6) is -1.63. The van der Waals surface area contributed by atoms with Crippen LogP contribution in [0.4, 0.5) is 0 Å². The molecule has 0 aliphatic heterocycles. The van der Waals surface area contributed by atoms with Crippen LogP contribution in [0.1, 0.15) is 22.3 Å². The summed E-state index contributed by atoms with van der Waals surface area (Å²) in [6.07, 6.45) is -0.283. The van der Waals surface area contributed by atoms with Crippen molar-refractivity contribution < 1.29 is 27.9 Å². The number of carbonyl (C=O) groups is 2. The SMILES string of the molecule is COC(=O)c1ccc(S(=O)(=O)N(C)CCC(=O)O)c(C)c1. The zero-order valence-corrected chi connectivity index (χ0v) is 12.8. The number of aliphatic carboxylic acids is 1. The van der Waals surface area contributed by atoms with Crippen LogP contribution in [0.2, 0.25) is 0 Å². The number of methoxy groups -OCH3 is 1. The molecule has 21 heavy (non-hydrogen) atoms. The van der Waals surface area contributed by atoms with Crippen LogP contribution in [0.3, 0.4) is 0 Å². The fourth-order valence-electron chi connectivity index (χ4n) is 1.72. The Labute approximate surface area is 123 Å². The van der Waals surface area contributed by atoms with E-state index >= 15 is 0 Å². The Morgan fingerprint density at radius 2 is 1.95 bits per heavy atom. The summed E-state index contributed by atoms with van der Waals surface area (Å²) in [6, 6.07) is 4.09. The molecule has 1 rings (SSSR count). The van der Waals surface area contributed by atoms with Crippen LogP contribution in [-0.4, -0.2) is 50.5 Å². The van der Waals surface area contributed by atoms with Crippen molar-refractivity contribution in [2.75, 3.05) is 20.7 Å². The monoisotopic (exact) mass is 315 g/mol. The van der Waals surface area contributed by atoms with Crippen molar-refractivity contribution in [1.29, 1.82) is 0 Å². The van der Waals surface area contributed by atoms with E-state index in [4.69, 9.17) is 5.11 Å². The standard InChI is InChI=1S/C13H17NO6S/c1-9-8-10(13(17)20-3)4-5-11(9)21(18,19)14(2)7-6-12(15)16/h4-5,8H,6-7H2,1-3H3,(H,15,16). The molecule has 0 saturated heterocycles. The van der Waals surface area contributed by atoms with Crippen molar-refractivity contribution in [3.05, 3.63) is 29.3 Å². The lowest BCUT2D eigenvalue weighted by molar-refractivity contribution is -0.137. The van der Waals surface area contributed by atoms with E-state index in [9.17, 15) is 18.0 Å². The third kappa shape index (κ3) is 4.02. The van der Waals surface area contributed by atoms with Gasteiger partial charge in [-0.3, -0.25) is 4.79 Å². The van der Waals surface area contributed by atoms with Crippen LogP contribution in [0.25, 0.3) is 0 Å². The zero-order valence-electron chi connectivity index (χ0n) is 12.0. The molecular formula is C13H17NO6S. The number of rotatable bonds is 6. The number of carbonyl (C=O) groups excluding carboxylic acids is 1. The molecule has 0 fully saturated rings. The summed E-state index contributed by atoms with van der Waals surface area (Å²) < 4.78 is 30.2. The summed E-state index contributed by atoms with van der Waals surface area (Å²) in [5, 5.41) is 8.60. The van der Waals surface area contributed by atoms with E-state index < -0.39 is 22.0 Å². The highest BCUT2D eigenvalue weighted by Crippen LogP contribution is 2.20. The number of esters is 1. The summed E-state index contributed by atoms with van der Waals surface area (Å²) >= 11 is 0. The third-order valence-electron chi connectivity index (χ3n) is 2.92. The first-order valence-corrected chi connectivity index (χ1v) is 7.51. The number of hydrogen-bond acceptors (Lipinski definition) is 5. The minimum absolute atomic E-state index is 0.0306. The fraction of sp³-hybridized carbons (Fsp3) is 0.385. The number of benzene rings is 1. The summed E-state index contributed by atoms with van der Waals surface area (Å²) in [6.45, 7) is 1.43. The molecule has 0 heterocycles. The van der Waals surface area contributed by atoms with E-state index in [-0.39, 0.29) is 23.4 Å². The quantitative estimate of drug-likeness (QED) is 0.782. The Kier molecular flexibility index (Phi) is 5.45. The van der Waals surface area contributed by atoms with Crippen LogP contribution in [0, 0.1) is 6.92 Å². The molecule has 0 radical (unpaired) electrons. The van der Waals surface area contributed by atoms with Gasteiger partial charge in [0.05, 0.1) is 24.0 Å². The first kappa shape index (κ1) is 17.1. The topological polar surface area (TPSA) is 101 Å². The van der Waals surface area contributed by atoms with Gasteiger partial charge in [-0.1, -0.05) is 0 Å². The molecule has 1 aromatic rings. The fourth-order valence-corrected chi connectivity index (χ4v) is 3.10. The highest BCUT2D eigenvalue weighted by Gasteiger charge is 2.23. The van der Waals surface area contributed by atoms with E-state index in [0.717, 1.165) is 4.31 Å². The van der Waals surface area contributed by atoms with Gasteiger partial charge in [0.1, 0.15) is 0 Å². The van der Waals surface area contributed by atoms with E-state index in [1.54, 1.807) is 6.92 Å². The first-order chi connectivity index (χ1) is 9.70. The predicted octanol–water partition coefficient (Wildman–Crippen LogP) is 0.877. The number of hydrogen-bond donors (Lipinski definition) is 1. The van der Waals surface area contributed by atoms with Crippen molar-refractivity contribution in [2.24, 2.45) is 0 Å². The van der Waals surface area contributed by atoms with Gasteiger partial charge in [-0.15, -0.1) is 0 Å². The molecule has 0 amide bonds. The van der Waals surface area contributed by atoms with Gasteiger partial charge in [0.15, 0.2) is 0 Å². The normalized spacial score (nSPS) is 11.4. The lowest BCUT2D eigenvalue weighted by Gasteiger charge is -2.18. The third-order valence-corrected chi connectivity index (χ3v) is 4.94. The molecule has 0 aromatic heterocycles. The second-order valence-corrected chi connectivity index (χ2v) is 6.46. The Hall–Kier alpha value is -1.93. The second-order valence-electron chi connectivity index (χ2n) is 4.44. The Morgan fingerprint density at radius 1 is 1.33 bits per heavy atom. The van der Waals surface area contributed by atoms with Gasteiger partial charge in [0.2, 0.25) is 10.0 Å². The van der Waals surface area contributed by atoms with Crippen molar-refractivity contribution in [3.63, 3.8) is 0 Å². The van der Waals surface area contributed by atoms with E-state index in [0.29, 0.717) is 5.56 Å². The number of aryl methyl sites for hydroxylation is 1. The molecule has 0 aliphatic carbocycles. The molecule has 0 atom stereocenters. The molecule has 0 spiro atoms. The number of nitrogens with zero attached hydrogens (tertiary/aromatic N) is 1. The van der Waals surface area contributed by atoms with Gasteiger partial charge in [-0.25, -0.2) is 17.5 Å². The van der Waals surface area contributed by atoms with E-state index in [1.807, 2.05) is 0 Å². The van der Waals surface area contributed by atoms with Gasteiger partial charge < -0.3 is 9.84 Å². The molecule has 0 aliphatic rings. The molecule has 0 bridgehead atoms. The van der Waals surface area contributed by atoms with Gasteiger partial charge in [0.25, 0.3) is 0 Å². The summed E-state index contributed by atoms with van der Waals surface area (Å²) in [4.78, 5) is 21.9. The Morgan fingerprint density at radius 3 is 2.43 bits per heavy atom. The van der Waals surface area contributed by atoms with E-state index in [1.165, 1.54) is 32.4 Å². The number of carboxylic acids is 1. The van der Waals surface area contributed by atoms with Gasteiger partial charge in [0, 0.05) is 13.6 Å². The Bertz CT molecular complexity index is 653. The van der Waals surface area contributed by atoms with Crippen LogP contribution >= 0.6 is 0 Å². The largest absolute Gasteiger partial charge is 0.481 e. The van der Waals surface area contributed by atoms with Crippen molar-refractivity contribution >= 4 is 22.0 Å².